The van der Waals surface area contributed by atoms with Crippen LogP contribution in [-0.4, -0.2) is 55.2 Å². The second kappa shape index (κ2) is 9.03. The Hall–Kier alpha value is -1.96. The number of anilines is 2. The fraction of sp³-hybridized carbons (Fsp3) is 0.429. The molecule has 0 radical (unpaired) electrons. The van der Waals surface area contributed by atoms with Crippen LogP contribution in [0.2, 0.25) is 0 Å². The summed E-state index contributed by atoms with van der Waals surface area (Å²) in [4.78, 5) is 22.1. The Bertz CT molecular complexity index is 785. The summed E-state index contributed by atoms with van der Waals surface area (Å²) < 4.78 is 6.41. The average molecular weight is 445 g/mol. The van der Waals surface area contributed by atoms with E-state index in [1.54, 1.807) is 0 Å². The van der Waals surface area contributed by atoms with Gasteiger partial charge >= 0.3 is 0 Å². The van der Waals surface area contributed by atoms with Crippen molar-refractivity contribution in [2.75, 3.05) is 49.6 Å². The monoisotopic (exact) mass is 444 g/mol. The number of amides is 1. The van der Waals surface area contributed by atoms with Crippen LogP contribution in [0.3, 0.4) is 0 Å². The van der Waals surface area contributed by atoms with Gasteiger partial charge in [-0.05, 0) is 55.8 Å². The molecule has 28 heavy (non-hydrogen) atoms. The minimum atomic E-state index is -0.295. The predicted octanol–water partition coefficient (Wildman–Crippen LogP) is 3.46. The van der Waals surface area contributed by atoms with Crippen LogP contribution in [0, 0.1) is 0 Å². The molecule has 3 heterocycles. The Balaban J connectivity index is 1.48. The summed E-state index contributed by atoms with van der Waals surface area (Å²) in [7, 11) is 0. The number of hydrogen-bond donors (Lipinski definition) is 1. The number of carbonyl (C=O) groups is 1. The third-order valence-corrected chi connectivity index (χ3v) is 5.84. The lowest BCUT2D eigenvalue weighted by Gasteiger charge is -2.29. The SMILES string of the molecule is O=C(Nc1ccc(N2CCOCC2)cn1)C(c1ccc(Br)cc1)N1CCCC1. The number of nitrogens with one attached hydrogen (secondary N) is 1. The number of nitrogens with zero attached hydrogens (tertiary/aromatic N) is 3. The van der Waals surface area contributed by atoms with Crippen molar-refractivity contribution in [3.05, 3.63) is 52.6 Å². The first-order chi connectivity index (χ1) is 13.7. The molecular formula is C21H25BrN4O2. The number of carbonyl (C=O) groups excluding carboxylic acids is 1. The topological polar surface area (TPSA) is 57.7 Å². The summed E-state index contributed by atoms with van der Waals surface area (Å²) in [5, 5.41) is 3.02. The fourth-order valence-corrected chi connectivity index (χ4v) is 4.10. The van der Waals surface area contributed by atoms with Gasteiger partial charge in [-0.1, -0.05) is 28.1 Å². The van der Waals surface area contributed by atoms with E-state index in [2.05, 4.69) is 36.0 Å². The van der Waals surface area contributed by atoms with E-state index in [4.69, 9.17) is 4.74 Å². The van der Waals surface area contributed by atoms with E-state index < -0.39 is 0 Å². The van der Waals surface area contributed by atoms with Gasteiger partial charge in [-0.25, -0.2) is 4.98 Å². The summed E-state index contributed by atoms with van der Waals surface area (Å²) >= 11 is 3.47. The number of pyridine rings is 1. The van der Waals surface area contributed by atoms with Gasteiger partial charge < -0.3 is 15.0 Å². The van der Waals surface area contributed by atoms with E-state index in [0.717, 1.165) is 68.0 Å². The lowest BCUT2D eigenvalue weighted by Crippen LogP contribution is -2.36. The van der Waals surface area contributed by atoms with Crippen LogP contribution >= 0.6 is 15.9 Å². The first kappa shape index (κ1) is 19.4. The largest absolute Gasteiger partial charge is 0.378 e. The number of morpholine rings is 1. The molecule has 2 fully saturated rings. The van der Waals surface area contributed by atoms with Gasteiger partial charge in [0.2, 0.25) is 5.91 Å². The number of likely N-dealkylation sites (tertiary alicyclic amines) is 1. The molecule has 0 spiro atoms. The lowest BCUT2D eigenvalue weighted by molar-refractivity contribution is -0.121. The molecule has 1 unspecified atom stereocenters. The normalized spacial score (nSPS) is 18.8. The highest BCUT2D eigenvalue weighted by atomic mass is 79.9. The zero-order valence-electron chi connectivity index (χ0n) is 15.8. The molecule has 0 saturated carbocycles. The number of aromatic nitrogens is 1. The standard InChI is InChI=1S/C21H25BrN4O2/c22-17-5-3-16(4-6-17)20(26-9-1-2-10-26)21(27)24-19-8-7-18(15-23-19)25-11-13-28-14-12-25/h3-8,15,20H,1-2,9-14H2,(H,23,24,27). The Morgan fingerprint density at radius 2 is 1.75 bits per heavy atom. The van der Waals surface area contributed by atoms with Gasteiger partial charge in [0.25, 0.3) is 0 Å². The van der Waals surface area contributed by atoms with Crippen LogP contribution in [0.15, 0.2) is 47.1 Å². The van der Waals surface area contributed by atoms with Gasteiger partial charge in [-0.15, -0.1) is 0 Å². The van der Waals surface area contributed by atoms with Crippen LogP contribution in [0.5, 0.6) is 0 Å². The maximum absolute atomic E-state index is 13.1. The number of rotatable bonds is 5. The van der Waals surface area contributed by atoms with Gasteiger partial charge in [-0.3, -0.25) is 9.69 Å². The lowest BCUT2D eigenvalue weighted by atomic mass is 10.0. The smallest absolute Gasteiger partial charge is 0.247 e. The molecule has 1 N–H and O–H groups in total. The molecular weight excluding hydrogens is 420 g/mol. The number of hydrogen-bond acceptors (Lipinski definition) is 5. The van der Waals surface area contributed by atoms with E-state index in [1.165, 1.54) is 0 Å². The van der Waals surface area contributed by atoms with Gasteiger partial charge in [0.05, 0.1) is 25.1 Å². The summed E-state index contributed by atoms with van der Waals surface area (Å²) in [5.41, 5.74) is 2.07. The Labute approximate surface area is 174 Å². The van der Waals surface area contributed by atoms with E-state index in [1.807, 2.05) is 42.6 Å². The van der Waals surface area contributed by atoms with Crippen molar-refractivity contribution in [1.82, 2.24) is 9.88 Å². The van der Waals surface area contributed by atoms with Crippen LogP contribution in [0.4, 0.5) is 11.5 Å². The number of benzene rings is 1. The minimum absolute atomic E-state index is 0.0316. The molecule has 0 aliphatic carbocycles. The predicted molar refractivity (Wildman–Crippen MR) is 114 cm³/mol. The second-order valence-corrected chi connectivity index (χ2v) is 8.10. The number of halogens is 1. The van der Waals surface area contributed by atoms with Crippen molar-refractivity contribution < 1.29 is 9.53 Å². The average Bonchev–Trinajstić information content (AvgIpc) is 3.25. The molecule has 2 aromatic rings. The van der Waals surface area contributed by atoms with Gasteiger partial charge in [0.15, 0.2) is 0 Å². The molecule has 2 aliphatic rings. The molecule has 7 heteroatoms. The summed E-state index contributed by atoms with van der Waals surface area (Å²) in [6, 6.07) is 11.6. The number of ether oxygens (including phenoxy) is 1. The molecule has 1 aromatic heterocycles. The van der Waals surface area contributed by atoms with Crippen LogP contribution in [0.1, 0.15) is 24.4 Å². The highest BCUT2D eigenvalue weighted by Gasteiger charge is 2.30. The maximum Gasteiger partial charge on any atom is 0.247 e. The zero-order chi connectivity index (χ0) is 19.3. The third-order valence-electron chi connectivity index (χ3n) is 5.32. The van der Waals surface area contributed by atoms with Crippen molar-refractivity contribution in [2.24, 2.45) is 0 Å². The molecule has 2 aliphatic heterocycles. The molecule has 6 nitrogen and oxygen atoms in total. The van der Waals surface area contributed by atoms with Gasteiger partial charge in [-0.2, -0.15) is 0 Å². The van der Waals surface area contributed by atoms with E-state index in [0.29, 0.717) is 5.82 Å². The summed E-state index contributed by atoms with van der Waals surface area (Å²) in [6.07, 6.45) is 4.09. The van der Waals surface area contributed by atoms with Crippen molar-refractivity contribution >= 4 is 33.3 Å². The highest BCUT2D eigenvalue weighted by Crippen LogP contribution is 2.28. The van der Waals surface area contributed by atoms with Crippen molar-refractivity contribution in [3.8, 4) is 0 Å². The van der Waals surface area contributed by atoms with Crippen molar-refractivity contribution in [2.45, 2.75) is 18.9 Å². The van der Waals surface area contributed by atoms with Gasteiger partial charge in [0.1, 0.15) is 11.9 Å². The van der Waals surface area contributed by atoms with Crippen molar-refractivity contribution in [1.29, 1.82) is 0 Å². The molecule has 0 bridgehead atoms. The fourth-order valence-electron chi connectivity index (χ4n) is 3.84. The Morgan fingerprint density at radius 3 is 2.39 bits per heavy atom. The minimum Gasteiger partial charge on any atom is -0.378 e. The quantitative estimate of drug-likeness (QED) is 0.764. The summed E-state index contributed by atoms with van der Waals surface area (Å²) in [5.74, 6) is 0.555. The molecule has 1 atom stereocenters. The third kappa shape index (κ3) is 4.54. The maximum atomic E-state index is 13.1. The summed E-state index contributed by atoms with van der Waals surface area (Å²) in [6.45, 7) is 5.10. The van der Waals surface area contributed by atoms with E-state index in [-0.39, 0.29) is 11.9 Å². The van der Waals surface area contributed by atoms with Crippen LogP contribution in [-0.2, 0) is 9.53 Å². The molecule has 2 saturated heterocycles. The van der Waals surface area contributed by atoms with Crippen LogP contribution < -0.4 is 10.2 Å². The molecule has 148 valence electrons. The first-order valence-corrected chi connectivity index (χ1v) is 10.6. The Morgan fingerprint density at radius 1 is 1.04 bits per heavy atom. The van der Waals surface area contributed by atoms with Crippen LogP contribution in [0.25, 0.3) is 0 Å². The zero-order valence-corrected chi connectivity index (χ0v) is 17.4. The van der Waals surface area contributed by atoms with Crippen molar-refractivity contribution in [3.63, 3.8) is 0 Å². The Kier molecular flexibility index (Phi) is 6.24. The molecule has 4 rings (SSSR count). The van der Waals surface area contributed by atoms with E-state index in [9.17, 15) is 4.79 Å². The van der Waals surface area contributed by atoms with E-state index >= 15 is 0 Å². The molecule has 1 aromatic carbocycles. The molecule has 1 amide bonds. The second-order valence-electron chi connectivity index (χ2n) is 7.19. The van der Waals surface area contributed by atoms with Gasteiger partial charge in [0, 0.05) is 17.6 Å². The highest BCUT2D eigenvalue weighted by molar-refractivity contribution is 9.10. The first-order valence-electron chi connectivity index (χ1n) is 9.80.